The van der Waals surface area contributed by atoms with Gasteiger partial charge in [0.15, 0.2) is 5.78 Å². The summed E-state index contributed by atoms with van der Waals surface area (Å²) in [6.45, 7) is 1.82. The molecule has 0 saturated heterocycles. The first kappa shape index (κ1) is 13.8. The number of ketones is 1. The Morgan fingerprint density at radius 3 is 2.53 bits per heavy atom. The maximum atomic E-state index is 12.2. The van der Waals surface area contributed by atoms with Crippen molar-refractivity contribution >= 4 is 34.1 Å². The molecular weight excluding hydrogens is 349 g/mol. The summed E-state index contributed by atoms with van der Waals surface area (Å²) in [6.07, 6.45) is 1.75. The van der Waals surface area contributed by atoms with Gasteiger partial charge in [0, 0.05) is 26.6 Å². The van der Waals surface area contributed by atoms with Crippen molar-refractivity contribution in [3.05, 3.63) is 75.5 Å². The van der Waals surface area contributed by atoms with Gasteiger partial charge in [0.1, 0.15) is 0 Å². The van der Waals surface area contributed by atoms with Crippen LogP contribution in [0.3, 0.4) is 0 Å². The van der Waals surface area contributed by atoms with Crippen molar-refractivity contribution in [3.63, 3.8) is 0 Å². The number of benzene rings is 2. The fraction of sp³-hybridized carbons (Fsp3) is 0.0625. The van der Waals surface area contributed by atoms with E-state index < -0.39 is 0 Å². The van der Waals surface area contributed by atoms with Crippen molar-refractivity contribution in [1.29, 1.82) is 0 Å². The van der Waals surface area contributed by atoms with E-state index in [0.717, 1.165) is 14.8 Å². The number of Topliss-reactive ketones (excluding diaryl/α,β-unsaturated/α-hetero) is 1. The van der Waals surface area contributed by atoms with Gasteiger partial charge in [0.05, 0.1) is 0 Å². The van der Waals surface area contributed by atoms with E-state index in [-0.39, 0.29) is 5.78 Å². The van der Waals surface area contributed by atoms with E-state index in [1.54, 1.807) is 6.20 Å². The minimum absolute atomic E-state index is 0.0435. The number of anilines is 1. The number of carbonyl (C=O) groups is 1. The standard InChI is InChI=1S/C16H14INO/c1-12(11-18-15-8-3-2-4-9-15)16(19)13-6-5-7-14(17)10-13/h2-11,18H,1H3/b12-11+. The van der Waals surface area contributed by atoms with E-state index >= 15 is 0 Å². The molecule has 0 aromatic heterocycles. The van der Waals surface area contributed by atoms with E-state index in [0.29, 0.717) is 5.57 Å². The molecule has 2 rings (SSSR count). The first-order chi connectivity index (χ1) is 9.16. The van der Waals surface area contributed by atoms with E-state index in [2.05, 4.69) is 27.9 Å². The lowest BCUT2D eigenvalue weighted by molar-refractivity contribution is 0.103. The van der Waals surface area contributed by atoms with Crippen LogP contribution >= 0.6 is 22.6 Å². The monoisotopic (exact) mass is 363 g/mol. The quantitative estimate of drug-likeness (QED) is 0.493. The normalized spacial score (nSPS) is 11.2. The molecule has 2 aromatic rings. The number of hydrogen-bond acceptors (Lipinski definition) is 2. The molecule has 0 saturated carbocycles. The minimum Gasteiger partial charge on any atom is -0.361 e. The smallest absolute Gasteiger partial charge is 0.190 e. The Morgan fingerprint density at radius 2 is 1.84 bits per heavy atom. The molecule has 0 amide bonds. The number of hydrogen-bond donors (Lipinski definition) is 1. The van der Waals surface area contributed by atoms with Gasteiger partial charge in [0.25, 0.3) is 0 Å². The first-order valence-electron chi connectivity index (χ1n) is 5.95. The Labute approximate surface area is 126 Å². The zero-order chi connectivity index (χ0) is 13.7. The number of allylic oxidation sites excluding steroid dienone is 1. The van der Waals surface area contributed by atoms with Crippen LogP contribution in [-0.4, -0.2) is 5.78 Å². The predicted molar refractivity (Wildman–Crippen MR) is 87.3 cm³/mol. The minimum atomic E-state index is 0.0435. The Balaban J connectivity index is 2.11. The van der Waals surface area contributed by atoms with Gasteiger partial charge in [-0.15, -0.1) is 0 Å². The lowest BCUT2D eigenvalue weighted by Gasteiger charge is -2.04. The molecule has 1 N–H and O–H groups in total. The summed E-state index contributed by atoms with van der Waals surface area (Å²) >= 11 is 2.21. The average molecular weight is 363 g/mol. The van der Waals surface area contributed by atoms with Crippen LogP contribution in [0.25, 0.3) is 0 Å². The van der Waals surface area contributed by atoms with Crippen molar-refractivity contribution < 1.29 is 4.79 Å². The lowest BCUT2D eigenvalue weighted by Crippen LogP contribution is -2.03. The SMILES string of the molecule is C/C(=C\Nc1ccccc1)C(=O)c1cccc(I)c1. The Bertz CT molecular complexity index is 605. The molecule has 0 atom stereocenters. The van der Waals surface area contributed by atoms with Gasteiger partial charge < -0.3 is 5.32 Å². The summed E-state index contributed by atoms with van der Waals surface area (Å²) < 4.78 is 1.06. The molecule has 0 bridgehead atoms. The highest BCUT2D eigenvalue weighted by molar-refractivity contribution is 14.1. The molecule has 3 heteroatoms. The van der Waals surface area contributed by atoms with E-state index in [1.807, 2.05) is 61.5 Å². The summed E-state index contributed by atoms with van der Waals surface area (Å²) in [7, 11) is 0. The average Bonchev–Trinajstić information content (AvgIpc) is 2.45. The third-order valence-corrected chi connectivity index (χ3v) is 3.35. The number of halogens is 1. The van der Waals surface area contributed by atoms with Crippen molar-refractivity contribution in [3.8, 4) is 0 Å². The highest BCUT2D eigenvalue weighted by Crippen LogP contribution is 2.13. The van der Waals surface area contributed by atoms with Crippen molar-refractivity contribution in [2.75, 3.05) is 5.32 Å². The second-order valence-corrected chi connectivity index (χ2v) is 5.42. The topological polar surface area (TPSA) is 29.1 Å². The van der Waals surface area contributed by atoms with Gasteiger partial charge in [-0.1, -0.05) is 30.3 Å². The molecule has 0 aliphatic rings. The molecule has 96 valence electrons. The van der Waals surface area contributed by atoms with Crippen LogP contribution in [0.15, 0.2) is 66.4 Å². The molecular formula is C16H14INO. The first-order valence-corrected chi connectivity index (χ1v) is 7.03. The molecule has 0 unspecified atom stereocenters. The third-order valence-electron chi connectivity index (χ3n) is 2.67. The summed E-state index contributed by atoms with van der Waals surface area (Å²) in [6, 6.07) is 17.4. The van der Waals surface area contributed by atoms with Gasteiger partial charge in [0.2, 0.25) is 0 Å². The Kier molecular flexibility index (Phi) is 4.74. The second kappa shape index (κ2) is 6.52. The van der Waals surface area contributed by atoms with E-state index in [9.17, 15) is 4.79 Å². The van der Waals surface area contributed by atoms with Crippen LogP contribution in [0, 0.1) is 3.57 Å². The van der Waals surface area contributed by atoms with Crippen LogP contribution in [0.1, 0.15) is 17.3 Å². The van der Waals surface area contributed by atoms with Crippen LogP contribution in [-0.2, 0) is 0 Å². The maximum absolute atomic E-state index is 12.2. The number of rotatable bonds is 4. The van der Waals surface area contributed by atoms with Crippen LogP contribution < -0.4 is 5.32 Å². The number of para-hydroxylation sites is 1. The summed E-state index contributed by atoms with van der Waals surface area (Å²) in [5.74, 6) is 0.0435. The second-order valence-electron chi connectivity index (χ2n) is 4.18. The maximum Gasteiger partial charge on any atom is 0.190 e. The summed E-state index contributed by atoms with van der Waals surface area (Å²) in [5.41, 5.74) is 2.37. The van der Waals surface area contributed by atoms with Crippen LogP contribution in [0.2, 0.25) is 0 Å². The number of carbonyl (C=O) groups excluding carboxylic acids is 1. The fourth-order valence-electron chi connectivity index (χ4n) is 1.65. The third kappa shape index (κ3) is 3.92. The molecule has 0 radical (unpaired) electrons. The molecule has 2 nitrogen and oxygen atoms in total. The van der Waals surface area contributed by atoms with Crippen molar-refractivity contribution in [1.82, 2.24) is 0 Å². The highest BCUT2D eigenvalue weighted by atomic mass is 127. The fourth-order valence-corrected chi connectivity index (χ4v) is 2.19. The zero-order valence-corrected chi connectivity index (χ0v) is 12.7. The molecule has 19 heavy (non-hydrogen) atoms. The lowest BCUT2D eigenvalue weighted by atomic mass is 10.1. The van der Waals surface area contributed by atoms with Crippen LogP contribution in [0.5, 0.6) is 0 Å². The van der Waals surface area contributed by atoms with Gasteiger partial charge in [-0.05, 0) is 53.8 Å². The van der Waals surface area contributed by atoms with Gasteiger partial charge >= 0.3 is 0 Å². The molecule has 0 aliphatic heterocycles. The molecule has 0 aliphatic carbocycles. The summed E-state index contributed by atoms with van der Waals surface area (Å²) in [4.78, 5) is 12.2. The molecule has 0 fully saturated rings. The Morgan fingerprint density at radius 1 is 1.11 bits per heavy atom. The van der Waals surface area contributed by atoms with Gasteiger partial charge in [-0.3, -0.25) is 4.79 Å². The molecule has 2 aromatic carbocycles. The van der Waals surface area contributed by atoms with Gasteiger partial charge in [-0.25, -0.2) is 0 Å². The molecule has 0 heterocycles. The van der Waals surface area contributed by atoms with E-state index in [4.69, 9.17) is 0 Å². The number of nitrogens with one attached hydrogen (secondary N) is 1. The summed E-state index contributed by atoms with van der Waals surface area (Å²) in [5, 5.41) is 3.12. The predicted octanol–water partition coefficient (Wildman–Crippen LogP) is 4.49. The van der Waals surface area contributed by atoms with E-state index in [1.165, 1.54) is 0 Å². The largest absolute Gasteiger partial charge is 0.361 e. The van der Waals surface area contributed by atoms with Gasteiger partial charge in [-0.2, -0.15) is 0 Å². The Hall–Kier alpha value is -1.62. The van der Waals surface area contributed by atoms with Crippen LogP contribution in [0.4, 0.5) is 5.69 Å². The van der Waals surface area contributed by atoms with Crippen molar-refractivity contribution in [2.24, 2.45) is 0 Å². The van der Waals surface area contributed by atoms with Crippen molar-refractivity contribution in [2.45, 2.75) is 6.92 Å². The molecule has 0 spiro atoms. The highest BCUT2D eigenvalue weighted by Gasteiger charge is 2.07. The zero-order valence-electron chi connectivity index (χ0n) is 10.6.